The third-order valence-corrected chi connectivity index (χ3v) is 6.47. The summed E-state index contributed by atoms with van der Waals surface area (Å²) in [4.78, 5) is 36.4. The zero-order chi connectivity index (χ0) is 17.5. The topological polar surface area (TPSA) is 86.7 Å². The molecule has 1 atom stereocenters. The van der Waals surface area contributed by atoms with E-state index in [9.17, 15) is 14.4 Å². The second kappa shape index (κ2) is 6.37. The molecule has 1 unspecified atom stereocenters. The van der Waals surface area contributed by atoms with Gasteiger partial charge in [0.25, 0.3) is 0 Å². The molecule has 2 N–H and O–H groups in total. The fraction of sp³-hybridized carbons (Fsp3) is 0.833. The normalized spacial score (nSPS) is 34.7. The molecule has 0 heterocycles. The number of hydrogen-bond acceptors (Lipinski definition) is 3. The van der Waals surface area contributed by atoms with E-state index in [-0.39, 0.29) is 23.8 Å². The zero-order valence-electron chi connectivity index (χ0n) is 14.6. The molecule has 6 heteroatoms. The van der Waals surface area contributed by atoms with Crippen molar-refractivity contribution in [3.05, 3.63) is 0 Å². The minimum Gasteiger partial charge on any atom is -0.480 e. The molecule has 4 aliphatic rings. The fourth-order valence-electron chi connectivity index (χ4n) is 5.59. The summed E-state index contributed by atoms with van der Waals surface area (Å²) in [6, 6.07) is -0.891. The van der Waals surface area contributed by atoms with Gasteiger partial charge in [0.1, 0.15) is 6.04 Å². The number of carboxylic acids is 1. The molecule has 6 nitrogen and oxygen atoms in total. The quantitative estimate of drug-likeness (QED) is 0.772. The first kappa shape index (κ1) is 17.2. The highest BCUT2D eigenvalue weighted by Crippen LogP contribution is 2.61. The van der Waals surface area contributed by atoms with Crippen LogP contribution >= 0.6 is 0 Å². The van der Waals surface area contributed by atoms with Gasteiger partial charge in [0, 0.05) is 13.5 Å². The standard InChI is InChI=1S/C18H28N2O4/c1-11(17(23)24)20(2)16(22)10-19-15(21)9-18-6-12-3-13(7-18)5-14(4-12)8-18/h11-14H,3-10H2,1-2H3,(H,19,21)(H,23,24). The third-order valence-electron chi connectivity index (χ3n) is 6.47. The van der Waals surface area contributed by atoms with Crippen molar-refractivity contribution in [2.75, 3.05) is 13.6 Å². The van der Waals surface area contributed by atoms with Gasteiger partial charge in [0.2, 0.25) is 11.8 Å². The first-order chi connectivity index (χ1) is 11.3. The van der Waals surface area contributed by atoms with Crippen molar-refractivity contribution in [3.8, 4) is 0 Å². The van der Waals surface area contributed by atoms with Crippen LogP contribution in [0.3, 0.4) is 0 Å². The van der Waals surface area contributed by atoms with Gasteiger partial charge in [-0.05, 0) is 68.6 Å². The Kier molecular flexibility index (Phi) is 4.58. The van der Waals surface area contributed by atoms with Crippen LogP contribution in [0.15, 0.2) is 0 Å². The number of carboxylic acid groups (broad SMARTS) is 1. The Balaban J connectivity index is 1.50. The van der Waals surface area contributed by atoms with Crippen molar-refractivity contribution >= 4 is 17.8 Å². The number of nitrogens with zero attached hydrogens (tertiary/aromatic N) is 1. The predicted molar refractivity (Wildman–Crippen MR) is 88.1 cm³/mol. The van der Waals surface area contributed by atoms with Crippen LogP contribution < -0.4 is 5.32 Å². The molecule has 0 radical (unpaired) electrons. The van der Waals surface area contributed by atoms with Gasteiger partial charge in [-0.1, -0.05) is 0 Å². The number of amides is 2. The van der Waals surface area contributed by atoms with E-state index < -0.39 is 12.0 Å². The number of likely N-dealkylation sites (N-methyl/N-ethyl adjacent to an activating group) is 1. The summed E-state index contributed by atoms with van der Waals surface area (Å²) in [5, 5.41) is 11.6. The van der Waals surface area contributed by atoms with E-state index in [1.165, 1.54) is 33.2 Å². The molecule has 4 saturated carbocycles. The minimum atomic E-state index is -1.05. The van der Waals surface area contributed by atoms with Gasteiger partial charge in [-0.25, -0.2) is 4.79 Å². The minimum absolute atomic E-state index is 0.0679. The fourth-order valence-corrected chi connectivity index (χ4v) is 5.59. The van der Waals surface area contributed by atoms with E-state index >= 15 is 0 Å². The van der Waals surface area contributed by atoms with Gasteiger partial charge in [0.05, 0.1) is 6.54 Å². The molecule has 24 heavy (non-hydrogen) atoms. The average Bonchev–Trinajstić information content (AvgIpc) is 2.49. The molecule has 0 aromatic carbocycles. The summed E-state index contributed by atoms with van der Waals surface area (Å²) >= 11 is 0. The molecular weight excluding hydrogens is 308 g/mol. The lowest BCUT2D eigenvalue weighted by Gasteiger charge is -2.56. The highest BCUT2D eigenvalue weighted by molar-refractivity contribution is 5.87. The Morgan fingerprint density at radius 3 is 2.08 bits per heavy atom. The molecule has 0 aliphatic heterocycles. The number of carbonyl (C=O) groups is 3. The summed E-state index contributed by atoms with van der Waals surface area (Å²) in [6.07, 6.45) is 8.04. The maximum atomic E-state index is 12.4. The van der Waals surface area contributed by atoms with E-state index in [2.05, 4.69) is 5.32 Å². The van der Waals surface area contributed by atoms with E-state index in [1.807, 2.05) is 0 Å². The highest BCUT2D eigenvalue weighted by atomic mass is 16.4. The molecule has 0 saturated heterocycles. The second-order valence-electron chi connectivity index (χ2n) is 8.39. The van der Waals surface area contributed by atoms with Crippen LogP contribution in [0.1, 0.15) is 51.9 Å². The Labute approximate surface area is 143 Å². The zero-order valence-corrected chi connectivity index (χ0v) is 14.6. The lowest BCUT2D eigenvalue weighted by atomic mass is 9.49. The largest absolute Gasteiger partial charge is 0.480 e. The molecular formula is C18H28N2O4. The van der Waals surface area contributed by atoms with Crippen LogP contribution in [0.5, 0.6) is 0 Å². The van der Waals surface area contributed by atoms with Crippen molar-refractivity contribution in [2.24, 2.45) is 23.2 Å². The van der Waals surface area contributed by atoms with Gasteiger partial charge in [-0.2, -0.15) is 0 Å². The molecule has 4 aliphatic carbocycles. The maximum Gasteiger partial charge on any atom is 0.326 e. The summed E-state index contributed by atoms with van der Waals surface area (Å²) in [6.45, 7) is 1.33. The molecule has 4 fully saturated rings. The molecule has 4 rings (SSSR count). The molecule has 2 amide bonds. The van der Waals surface area contributed by atoms with Crippen LogP contribution in [-0.2, 0) is 14.4 Å². The first-order valence-corrected chi connectivity index (χ1v) is 9.03. The van der Waals surface area contributed by atoms with Crippen molar-refractivity contribution in [3.63, 3.8) is 0 Å². The molecule has 134 valence electrons. The van der Waals surface area contributed by atoms with Crippen LogP contribution in [0.2, 0.25) is 0 Å². The number of hydrogen-bond donors (Lipinski definition) is 2. The van der Waals surface area contributed by atoms with E-state index in [0.717, 1.165) is 41.9 Å². The van der Waals surface area contributed by atoms with Gasteiger partial charge < -0.3 is 15.3 Å². The number of rotatable bonds is 6. The van der Waals surface area contributed by atoms with E-state index in [4.69, 9.17) is 5.11 Å². The summed E-state index contributed by atoms with van der Waals surface area (Å²) in [5.41, 5.74) is 0.155. The summed E-state index contributed by atoms with van der Waals surface area (Å²) < 4.78 is 0. The SMILES string of the molecule is CC(C(=O)O)N(C)C(=O)CNC(=O)CC12CC3CC(CC(C3)C1)C2. The van der Waals surface area contributed by atoms with E-state index in [0.29, 0.717) is 6.42 Å². The summed E-state index contributed by atoms with van der Waals surface area (Å²) in [7, 11) is 1.45. The van der Waals surface area contributed by atoms with Gasteiger partial charge in [-0.15, -0.1) is 0 Å². The molecule has 0 aromatic rings. The average molecular weight is 336 g/mol. The van der Waals surface area contributed by atoms with E-state index in [1.54, 1.807) is 0 Å². The third kappa shape index (κ3) is 3.42. The smallest absolute Gasteiger partial charge is 0.326 e. The predicted octanol–water partition coefficient (Wildman–Crippen LogP) is 1.64. The Morgan fingerprint density at radius 1 is 1.12 bits per heavy atom. The Hall–Kier alpha value is -1.59. The van der Waals surface area contributed by atoms with Gasteiger partial charge >= 0.3 is 5.97 Å². The van der Waals surface area contributed by atoms with Crippen LogP contribution in [0, 0.1) is 23.2 Å². The first-order valence-electron chi connectivity index (χ1n) is 9.03. The van der Waals surface area contributed by atoms with Crippen molar-refractivity contribution in [2.45, 2.75) is 57.9 Å². The number of nitrogens with one attached hydrogen (secondary N) is 1. The number of carbonyl (C=O) groups excluding carboxylic acids is 2. The molecule has 0 aromatic heterocycles. The molecule has 4 bridgehead atoms. The highest BCUT2D eigenvalue weighted by Gasteiger charge is 2.51. The van der Waals surface area contributed by atoms with Crippen LogP contribution in [0.25, 0.3) is 0 Å². The molecule has 0 spiro atoms. The van der Waals surface area contributed by atoms with Crippen molar-refractivity contribution < 1.29 is 19.5 Å². The Morgan fingerprint density at radius 2 is 1.62 bits per heavy atom. The monoisotopic (exact) mass is 336 g/mol. The second-order valence-corrected chi connectivity index (χ2v) is 8.39. The van der Waals surface area contributed by atoms with Gasteiger partial charge in [0.15, 0.2) is 0 Å². The van der Waals surface area contributed by atoms with Gasteiger partial charge in [-0.3, -0.25) is 9.59 Å². The Bertz CT molecular complexity index is 510. The van der Waals surface area contributed by atoms with Crippen molar-refractivity contribution in [1.29, 1.82) is 0 Å². The lowest BCUT2D eigenvalue weighted by molar-refractivity contribution is -0.148. The number of aliphatic carboxylic acids is 1. The summed E-state index contributed by atoms with van der Waals surface area (Å²) in [5.74, 6) is 0.908. The van der Waals surface area contributed by atoms with Crippen LogP contribution in [0.4, 0.5) is 0 Å². The maximum absolute atomic E-state index is 12.4. The lowest BCUT2D eigenvalue weighted by Crippen LogP contribution is -2.49. The van der Waals surface area contributed by atoms with Crippen LogP contribution in [-0.4, -0.2) is 47.4 Å². The van der Waals surface area contributed by atoms with Crippen molar-refractivity contribution in [1.82, 2.24) is 10.2 Å².